The van der Waals surface area contributed by atoms with Crippen LogP contribution in [0.4, 0.5) is 0 Å². The van der Waals surface area contributed by atoms with E-state index in [1.54, 1.807) is 4.90 Å². The molecule has 2 amide bonds. The number of carbonyl (C=O) groups excluding carboxylic acids is 2. The van der Waals surface area contributed by atoms with E-state index in [-0.39, 0.29) is 17.9 Å². The highest BCUT2D eigenvalue weighted by atomic mass is 16.3. The maximum Gasteiger partial charge on any atom is 0.243 e. The number of amides is 2. The number of nitrogens with zero attached hydrogens (tertiary/aromatic N) is 1. The summed E-state index contributed by atoms with van der Waals surface area (Å²) in [5, 5.41) is 13.2. The fourth-order valence-corrected chi connectivity index (χ4v) is 3.69. The Morgan fingerprint density at radius 1 is 1.35 bits per heavy atom. The first-order chi connectivity index (χ1) is 11.1. The monoisotopic (exact) mass is 316 g/mol. The van der Waals surface area contributed by atoms with Crippen molar-refractivity contribution < 1.29 is 14.7 Å². The van der Waals surface area contributed by atoms with Gasteiger partial charge in [-0.05, 0) is 30.4 Å². The van der Waals surface area contributed by atoms with Gasteiger partial charge < -0.3 is 15.3 Å². The standard InChI is InChI=1S/C18H24N2O3/c1-2-6-16(22)20-10-5-9-14(20)18(23)19-17-13-8-4-3-7-12(13)11-15(17)21/h3-4,7-8,14-15,17,21H,2,5-6,9-11H2,1H3,(H,19,23)/t14?,15-,17+/m1/s1. The predicted octanol–water partition coefficient (Wildman–Crippen LogP) is 1.55. The largest absolute Gasteiger partial charge is 0.390 e. The van der Waals surface area contributed by atoms with E-state index in [0.29, 0.717) is 25.8 Å². The maximum absolute atomic E-state index is 12.7. The highest BCUT2D eigenvalue weighted by Crippen LogP contribution is 2.32. The van der Waals surface area contributed by atoms with E-state index in [0.717, 1.165) is 24.0 Å². The van der Waals surface area contributed by atoms with E-state index in [1.807, 2.05) is 31.2 Å². The molecule has 1 fully saturated rings. The van der Waals surface area contributed by atoms with Crippen LogP contribution in [-0.2, 0) is 16.0 Å². The molecular weight excluding hydrogens is 292 g/mol. The fraction of sp³-hybridized carbons (Fsp3) is 0.556. The predicted molar refractivity (Wildman–Crippen MR) is 86.7 cm³/mol. The van der Waals surface area contributed by atoms with Crippen molar-refractivity contribution in [3.63, 3.8) is 0 Å². The Kier molecular flexibility index (Phi) is 4.66. The van der Waals surface area contributed by atoms with Crippen LogP contribution < -0.4 is 5.32 Å². The van der Waals surface area contributed by atoms with Gasteiger partial charge in [0.15, 0.2) is 0 Å². The molecule has 1 unspecified atom stereocenters. The van der Waals surface area contributed by atoms with Crippen LogP contribution in [0.25, 0.3) is 0 Å². The Morgan fingerprint density at radius 2 is 2.13 bits per heavy atom. The van der Waals surface area contributed by atoms with Crippen LogP contribution in [0.5, 0.6) is 0 Å². The van der Waals surface area contributed by atoms with E-state index in [1.165, 1.54) is 0 Å². The summed E-state index contributed by atoms with van der Waals surface area (Å²) in [6, 6.07) is 7.03. The Bertz CT molecular complexity index is 602. The number of benzene rings is 1. The maximum atomic E-state index is 12.7. The summed E-state index contributed by atoms with van der Waals surface area (Å²) < 4.78 is 0. The number of aliphatic hydroxyl groups excluding tert-OH is 1. The molecule has 124 valence electrons. The molecule has 1 heterocycles. The molecule has 1 saturated heterocycles. The summed E-state index contributed by atoms with van der Waals surface area (Å²) in [6.45, 7) is 2.62. The zero-order valence-corrected chi connectivity index (χ0v) is 13.5. The van der Waals surface area contributed by atoms with Gasteiger partial charge in [0.1, 0.15) is 6.04 Å². The molecule has 5 heteroatoms. The number of rotatable bonds is 4. The second kappa shape index (κ2) is 6.71. The first-order valence-electron chi connectivity index (χ1n) is 8.47. The minimum Gasteiger partial charge on any atom is -0.390 e. The summed E-state index contributed by atoms with van der Waals surface area (Å²) in [5.74, 6) is -0.0924. The Hall–Kier alpha value is -1.88. The van der Waals surface area contributed by atoms with Crippen molar-refractivity contribution in [2.75, 3.05) is 6.54 Å². The molecule has 3 rings (SSSR count). The molecule has 0 saturated carbocycles. The molecule has 1 aromatic carbocycles. The van der Waals surface area contributed by atoms with E-state index in [4.69, 9.17) is 0 Å². The van der Waals surface area contributed by atoms with Crippen molar-refractivity contribution in [2.45, 2.75) is 57.2 Å². The lowest BCUT2D eigenvalue weighted by Gasteiger charge is -2.26. The van der Waals surface area contributed by atoms with Crippen LogP contribution in [0.2, 0.25) is 0 Å². The highest BCUT2D eigenvalue weighted by Gasteiger charge is 2.37. The third-order valence-electron chi connectivity index (χ3n) is 4.84. The van der Waals surface area contributed by atoms with Crippen molar-refractivity contribution in [1.29, 1.82) is 0 Å². The summed E-state index contributed by atoms with van der Waals surface area (Å²) in [7, 11) is 0. The highest BCUT2D eigenvalue weighted by molar-refractivity contribution is 5.88. The van der Waals surface area contributed by atoms with E-state index in [9.17, 15) is 14.7 Å². The van der Waals surface area contributed by atoms with Crippen LogP contribution in [0.3, 0.4) is 0 Å². The Morgan fingerprint density at radius 3 is 2.91 bits per heavy atom. The van der Waals surface area contributed by atoms with Crippen LogP contribution >= 0.6 is 0 Å². The third-order valence-corrected chi connectivity index (χ3v) is 4.84. The van der Waals surface area contributed by atoms with Gasteiger partial charge in [-0.3, -0.25) is 9.59 Å². The first-order valence-corrected chi connectivity index (χ1v) is 8.47. The lowest BCUT2D eigenvalue weighted by molar-refractivity contribution is -0.139. The lowest BCUT2D eigenvalue weighted by atomic mass is 10.1. The smallest absolute Gasteiger partial charge is 0.243 e. The van der Waals surface area contributed by atoms with Crippen LogP contribution in [0, 0.1) is 0 Å². The number of carbonyl (C=O) groups is 2. The minimum atomic E-state index is -0.599. The third kappa shape index (κ3) is 3.11. The molecule has 1 aliphatic carbocycles. The molecule has 2 aliphatic rings. The van der Waals surface area contributed by atoms with Crippen molar-refractivity contribution >= 4 is 11.8 Å². The van der Waals surface area contributed by atoms with Crippen LogP contribution in [0.15, 0.2) is 24.3 Å². The van der Waals surface area contributed by atoms with Gasteiger partial charge in [-0.15, -0.1) is 0 Å². The summed E-state index contributed by atoms with van der Waals surface area (Å²) in [6.07, 6.45) is 2.79. The normalized spacial score (nSPS) is 26.2. The van der Waals surface area contributed by atoms with Gasteiger partial charge in [-0.2, -0.15) is 0 Å². The number of nitrogens with one attached hydrogen (secondary N) is 1. The number of hydrogen-bond acceptors (Lipinski definition) is 3. The minimum absolute atomic E-state index is 0.0533. The number of fused-ring (bicyclic) bond motifs is 1. The second-order valence-electron chi connectivity index (χ2n) is 6.45. The van der Waals surface area contributed by atoms with Gasteiger partial charge in [-0.25, -0.2) is 0 Å². The molecule has 3 atom stereocenters. The first kappa shape index (κ1) is 16.0. The quantitative estimate of drug-likeness (QED) is 0.885. The molecule has 0 bridgehead atoms. The molecular formula is C18H24N2O3. The SMILES string of the molecule is CCCC(=O)N1CCCC1C(=O)N[C@H]1c2ccccc2C[C@H]1O. The summed E-state index contributed by atoms with van der Waals surface area (Å²) in [5.41, 5.74) is 2.06. The van der Waals surface area contributed by atoms with Crippen molar-refractivity contribution in [2.24, 2.45) is 0 Å². The second-order valence-corrected chi connectivity index (χ2v) is 6.45. The molecule has 0 aromatic heterocycles. The molecule has 0 spiro atoms. The summed E-state index contributed by atoms with van der Waals surface area (Å²) >= 11 is 0. The number of hydrogen-bond donors (Lipinski definition) is 2. The Balaban J connectivity index is 1.70. The average molecular weight is 316 g/mol. The molecule has 1 aliphatic heterocycles. The van der Waals surface area contributed by atoms with Gasteiger partial charge in [0, 0.05) is 19.4 Å². The fourth-order valence-electron chi connectivity index (χ4n) is 3.69. The van der Waals surface area contributed by atoms with Gasteiger partial charge in [-0.1, -0.05) is 31.2 Å². The van der Waals surface area contributed by atoms with Gasteiger partial charge >= 0.3 is 0 Å². The topological polar surface area (TPSA) is 69.6 Å². The van der Waals surface area contributed by atoms with Crippen LogP contribution in [-0.4, -0.2) is 40.5 Å². The van der Waals surface area contributed by atoms with E-state index < -0.39 is 12.1 Å². The van der Waals surface area contributed by atoms with Gasteiger partial charge in [0.2, 0.25) is 11.8 Å². The van der Waals surface area contributed by atoms with Crippen molar-refractivity contribution in [3.05, 3.63) is 35.4 Å². The molecule has 2 N–H and O–H groups in total. The van der Waals surface area contributed by atoms with Crippen molar-refractivity contribution in [1.82, 2.24) is 10.2 Å². The summed E-state index contributed by atoms with van der Waals surface area (Å²) in [4.78, 5) is 26.5. The zero-order chi connectivity index (χ0) is 16.4. The Labute approximate surface area is 136 Å². The van der Waals surface area contributed by atoms with Gasteiger partial charge in [0.25, 0.3) is 0 Å². The molecule has 5 nitrogen and oxygen atoms in total. The molecule has 0 radical (unpaired) electrons. The van der Waals surface area contributed by atoms with Crippen molar-refractivity contribution in [3.8, 4) is 0 Å². The number of aliphatic hydroxyl groups is 1. The molecule has 23 heavy (non-hydrogen) atoms. The van der Waals surface area contributed by atoms with E-state index >= 15 is 0 Å². The molecule has 1 aromatic rings. The number of likely N-dealkylation sites (tertiary alicyclic amines) is 1. The average Bonchev–Trinajstić information content (AvgIpc) is 3.13. The zero-order valence-electron chi connectivity index (χ0n) is 13.5. The lowest BCUT2D eigenvalue weighted by Crippen LogP contribution is -2.48. The van der Waals surface area contributed by atoms with Crippen LogP contribution in [0.1, 0.15) is 49.8 Å². The van der Waals surface area contributed by atoms with Gasteiger partial charge in [0.05, 0.1) is 12.1 Å². The van der Waals surface area contributed by atoms with E-state index in [2.05, 4.69) is 5.32 Å².